The molecule has 0 bridgehead atoms. The van der Waals surface area contributed by atoms with Crippen molar-refractivity contribution in [1.82, 2.24) is 0 Å². The molecule has 0 fully saturated rings. The monoisotopic (exact) mass is 308 g/mol. The van der Waals surface area contributed by atoms with Crippen molar-refractivity contribution in [2.75, 3.05) is 5.32 Å². The summed E-state index contributed by atoms with van der Waals surface area (Å²) in [4.78, 5) is 22.1. The third kappa shape index (κ3) is 3.35. The van der Waals surface area contributed by atoms with Crippen molar-refractivity contribution in [2.24, 2.45) is 0 Å². The van der Waals surface area contributed by atoms with Crippen LogP contribution >= 0.6 is 11.6 Å². The molecule has 0 radical (unpaired) electrons. The number of non-ortho nitro benzene ring substituents is 1. The van der Waals surface area contributed by atoms with E-state index in [9.17, 15) is 19.3 Å². The number of nitro benzene ring substituents is 1. The van der Waals surface area contributed by atoms with Gasteiger partial charge in [-0.1, -0.05) is 17.7 Å². The van der Waals surface area contributed by atoms with Gasteiger partial charge in [-0.3, -0.25) is 14.9 Å². The molecule has 5 nitrogen and oxygen atoms in total. The standard InChI is InChI=1S/C14H10ClFN2O3/c1-8-2-3-9(6-13(8)16)17-14(19)11-7-10(18(20)21)4-5-12(11)15/h2-7H,1H3,(H,17,19). The molecule has 0 aromatic heterocycles. The van der Waals surface area contributed by atoms with Crippen molar-refractivity contribution in [3.63, 3.8) is 0 Å². The number of anilines is 1. The number of nitro groups is 1. The molecule has 0 aliphatic rings. The average Bonchev–Trinajstić information content (AvgIpc) is 2.43. The number of hydrogen-bond donors (Lipinski definition) is 1. The number of halogens is 2. The first kappa shape index (κ1) is 14.9. The Morgan fingerprint density at radius 3 is 2.62 bits per heavy atom. The maximum atomic E-state index is 13.4. The predicted molar refractivity (Wildman–Crippen MR) is 77.2 cm³/mol. The Labute approximate surface area is 124 Å². The third-order valence-corrected chi connectivity index (χ3v) is 3.16. The van der Waals surface area contributed by atoms with Gasteiger partial charge >= 0.3 is 0 Å². The van der Waals surface area contributed by atoms with Crippen molar-refractivity contribution >= 4 is 28.9 Å². The topological polar surface area (TPSA) is 72.2 Å². The number of carbonyl (C=O) groups excluding carboxylic acids is 1. The lowest BCUT2D eigenvalue weighted by Gasteiger charge is -2.07. The van der Waals surface area contributed by atoms with Gasteiger partial charge in [0.1, 0.15) is 5.82 Å². The lowest BCUT2D eigenvalue weighted by Crippen LogP contribution is -2.13. The molecule has 0 heterocycles. The summed E-state index contributed by atoms with van der Waals surface area (Å²) in [6.45, 7) is 1.60. The van der Waals surface area contributed by atoms with Crippen LogP contribution in [-0.2, 0) is 0 Å². The highest BCUT2D eigenvalue weighted by Gasteiger charge is 2.16. The van der Waals surface area contributed by atoms with Gasteiger partial charge in [0.2, 0.25) is 0 Å². The van der Waals surface area contributed by atoms with E-state index in [4.69, 9.17) is 11.6 Å². The fraction of sp³-hybridized carbons (Fsp3) is 0.0714. The zero-order valence-electron chi connectivity index (χ0n) is 10.9. The molecule has 0 aliphatic carbocycles. The quantitative estimate of drug-likeness (QED) is 0.689. The van der Waals surface area contributed by atoms with E-state index in [0.29, 0.717) is 5.56 Å². The number of carbonyl (C=O) groups is 1. The van der Waals surface area contributed by atoms with Crippen molar-refractivity contribution < 1.29 is 14.1 Å². The molecule has 2 rings (SSSR count). The molecule has 0 saturated heterocycles. The molecule has 0 saturated carbocycles. The summed E-state index contributed by atoms with van der Waals surface area (Å²) in [5.74, 6) is -1.11. The van der Waals surface area contributed by atoms with E-state index in [2.05, 4.69) is 5.32 Å². The lowest BCUT2D eigenvalue weighted by atomic mass is 10.1. The summed E-state index contributed by atoms with van der Waals surface area (Å²) in [6, 6.07) is 7.75. The predicted octanol–water partition coefficient (Wildman–Crippen LogP) is 3.95. The first-order valence-electron chi connectivity index (χ1n) is 5.90. The second-order valence-electron chi connectivity index (χ2n) is 4.34. The van der Waals surface area contributed by atoms with Crippen LogP contribution in [0.15, 0.2) is 36.4 Å². The average molecular weight is 309 g/mol. The second-order valence-corrected chi connectivity index (χ2v) is 4.75. The Morgan fingerprint density at radius 1 is 1.29 bits per heavy atom. The van der Waals surface area contributed by atoms with Gasteiger partial charge in [0.15, 0.2) is 0 Å². The summed E-state index contributed by atoms with van der Waals surface area (Å²) < 4.78 is 13.4. The van der Waals surface area contributed by atoms with Crippen LogP contribution in [0.2, 0.25) is 5.02 Å². The van der Waals surface area contributed by atoms with Crippen LogP contribution < -0.4 is 5.32 Å². The molecule has 1 N–H and O–H groups in total. The van der Waals surface area contributed by atoms with Crippen molar-refractivity contribution in [1.29, 1.82) is 0 Å². The number of benzene rings is 2. The number of nitrogens with one attached hydrogen (secondary N) is 1. The van der Waals surface area contributed by atoms with Gasteiger partial charge in [-0.05, 0) is 30.7 Å². The Morgan fingerprint density at radius 2 is 2.00 bits per heavy atom. The van der Waals surface area contributed by atoms with Crippen LogP contribution in [0.25, 0.3) is 0 Å². The molecule has 0 atom stereocenters. The Bertz CT molecular complexity index is 734. The molecule has 2 aromatic rings. The smallest absolute Gasteiger partial charge is 0.270 e. The molecular weight excluding hydrogens is 299 g/mol. The van der Waals surface area contributed by atoms with E-state index in [-0.39, 0.29) is 22.0 Å². The molecule has 0 unspecified atom stereocenters. The second kappa shape index (κ2) is 5.88. The lowest BCUT2D eigenvalue weighted by molar-refractivity contribution is -0.384. The van der Waals surface area contributed by atoms with Gasteiger partial charge < -0.3 is 5.32 Å². The van der Waals surface area contributed by atoms with Crippen LogP contribution in [0.5, 0.6) is 0 Å². The summed E-state index contributed by atoms with van der Waals surface area (Å²) in [5, 5.41) is 13.2. The fourth-order valence-electron chi connectivity index (χ4n) is 1.67. The van der Waals surface area contributed by atoms with Gasteiger partial charge in [-0.2, -0.15) is 0 Å². The minimum Gasteiger partial charge on any atom is -0.322 e. The van der Waals surface area contributed by atoms with Crippen LogP contribution in [0.4, 0.5) is 15.8 Å². The maximum absolute atomic E-state index is 13.4. The molecule has 2 aromatic carbocycles. The minimum absolute atomic E-state index is 0.0492. The third-order valence-electron chi connectivity index (χ3n) is 2.84. The Kier molecular flexibility index (Phi) is 4.18. The highest BCUT2D eigenvalue weighted by atomic mass is 35.5. The fourth-order valence-corrected chi connectivity index (χ4v) is 1.87. The van der Waals surface area contributed by atoms with Gasteiger partial charge in [0.25, 0.3) is 11.6 Å². The largest absolute Gasteiger partial charge is 0.322 e. The van der Waals surface area contributed by atoms with Crippen LogP contribution in [0, 0.1) is 22.9 Å². The van der Waals surface area contributed by atoms with Crippen molar-refractivity contribution in [2.45, 2.75) is 6.92 Å². The maximum Gasteiger partial charge on any atom is 0.270 e. The van der Waals surface area contributed by atoms with Gasteiger partial charge in [-0.15, -0.1) is 0 Å². The number of rotatable bonds is 3. The van der Waals surface area contributed by atoms with Crippen molar-refractivity contribution in [3.8, 4) is 0 Å². The molecule has 0 spiro atoms. The Hall–Kier alpha value is -2.47. The molecule has 0 aliphatic heterocycles. The van der Waals surface area contributed by atoms with E-state index in [0.717, 1.165) is 6.07 Å². The van der Waals surface area contributed by atoms with Gasteiger partial charge in [0, 0.05) is 17.8 Å². The number of nitrogens with zero attached hydrogens (tertiary/aromatic N) is 1. The first-order valence-corrected chi connectivity index (χ1v) is 6.27. The molecule has 108 valence electrons. The van der Waals surface area contributed by atoms with E-state index in [1.807, 2.05) is 0 Å². The summed E-state index contributed by atoms with van der Waals surface area (Å²) in [6.07, 6.45) is 0. The molecule has 21 heavy (non-hydrogen) atoms. The van der Waals surface area contributed by atoms with Gasteiger partial charge in [0.05, 0.1) is 15.5 Å². The minimum atomic E-state index is -0.646. The zero-order valence-corrected chi connectivity index (χ0v) is 11.6. The van der Waals surface area contributed by atoms with E-state index < -0.39 is 16.6 Å². The number of hydrogen-bond acceptors (Lipinski definition) is 3. The molecule has 1 amide bonds. The van der Waals surface area contributed by atoms with Crippen LogP contribution in [0.1, 0.15) is 15.9 Å². The van der Waals surface area contributed by atoms with Gasteiger partial charge in [-0.25, -0.2) is 4.39 Å². The first-order chi connectivity index (χ1) is 9.88. The number of amides is 1. The normalized spacial score (nSPS) is 10.2. The summed E-state index contributed by atoms with van der Waals surface area (Å²) in [7, 11) is 0. The molecule has 7 heteroatoms. The van der Waals surface area contributed by atoms with E-state index in [1.54, 1.807) is 6.92 Å². The zero-order chi connectivity index (χ0) is 15.6. The van der Waals surface area contributed by atoms with E-state index in [1.165, 1.54) is 30.3 Å². The Balaban J connectivity index is 2.29. The SMILES string of the molecule is Cc1ccc(NC(=O)c2cc([N+](=O)[O-])ccc2Cl)cc1F. The van der Waals surface area contributed by atoms with Crippen LogP contribution in [-0.4, -0.2) is 10.8 Å². The highest BCUT2D eigenvalue weighted by molar-refractivity contribution is 6.34. The summed E-state index contributed by atoms with van der Waals surface area (Å²) >= 11 is 5.86. The van der Waals surface area contributed by atoms with Crippen molar-refractivity contribution in [3.05, 3.63) is 68.5 Å². The van der Waals surface area contributed by atoms with Crippen LogP contribution in [0.3, 0.4) is 0 Å². The summed E-state index contributed by atoms with van der Waals surface area (Å²) in [5.41, 5.74) is 0.388. The van der Waals surface area contributed by atoms with E-state index >= 15 is 0 Å². The molecular formula is C14H10ClFN2O3. The highest BCUT2D eigenvalue weighted by Crippen LogP contribution is 2.23. The number of aryl methyl sites for hydroxylation is 1.